The number of benzene rings is 1. The Morgan fingerprint density at radius 1 is 1.38 bits per heavy atom. The molecule has 5 nitrogen and oxygen atoms in total. The SMILES string of the molecule is CC(Oc1ccccc1Cl)C(=O)N1CCCC[C@@H]1C(=O)O. The van der Waals surface area contributed by atoms with Gasteiger partial charge < -0.3 is 14.7 Å². The fourth-order valence-electron chi connectivity index (χ4n) is 2.47. The smallest absolute Gasteiger partial charge is 0.326 e. The number of amides is 1. The first-order valence-corrected chi connectivity index (χ1v) is 7.33. The number of carbonyl (C=O) groups is 2. The Bertz CT molecular complexity index is 534. The summed E-state index contributed by atoms with van der Waals surface area (Å²) in [6.07, 6.45) is 1.35. The van der Waals surface area contributed by atoms with E-state index < -0.39 is 18.1 Å². The fourth-order valence-corrected chi connectivity index (χ4v) is 2.65. The van der Waals surface area contributed by atoms with E-state index in [-0.39, 0.29) is 5.91 Å². The molecule has 1 aromatic rings. The molecule has 0 spiro atoms. The normalized spacial score (nSPS) is 19.9. The largest absolute Gasteiger partial charge is 0.480 e. The van der Waals surface area contributed by atoms with E-state index in [2.05, 4.69) is 0 Å². The molecule has 6 heteroatoms. The lowest BCUT2D eigenvalue weighted by Crippen LogP contribution is -2.52. The van der Waals surface area contributed by atoms with Gasteiger partial charge >= 0.3 is 5.97 Å². The Hall–Kier alpha value is -1.75. The third-order valence-corrected chi connectivity index (χ3v) is 3.87. The Kier molecular flexibility index (Phi) is 5.07. The van der Waals surface area contributed by atoms with Gasteiger partial charge in [0.15, 0.2) is 6.10 Å². The fraction of sp³-hybridized carbons (Fsp3) is 0.467. The van der Waals surface area contributed by atoms with Crippen LogP contribution < -0.4 is 4.74 Å². The number of halogens is 1. The van der Waals surface area contributed by atoms with Crippen LogP contribution in [0.1, 0.15) is 26.2 Å². The second kappa shape index (κ2) is 6.80. The minimum atomic E-state index is -0.965. The number of piperidine rings is 1. The van der Waals surface area contributed by atoms with Crippen LogP contribution in [0.3, 0.4) is 0 Å². The number of carboxylic acid groups (broad SMARTS) is 1. The number of ether oxygens (including phenoxy) is 1. The van der Waals surface area contributed by atoms with Gasteiger partial charge in [-0.3, -0.25) is 4.79 Å². The van der Waals surface area contributed by atoms with Crippen molar-refractivity contribution < 1.29 is 19.4 Å². The molecular weight excluding hydrogens is 294 g/mol. The molecule has 0 radical (unpaired) electrons. The second-order valence-corrected chi connectivity index (χ2v) is 5.48. The molecule has 1 amide bonds. The zero-order chi connectivity index (χ0) is 15.4. The molecule has 2 atom stereocenters. The number of hydrogen-bond donors (Lipinski definition) is 1. The first-order chi connectivity index (χ1) is 10.0. The van der Waals surface area contributed by atoms with Crippen LogP contribution in [0.25, 0.3) is 0 Å². The Morgan fingerprint density at radius 2 is 2.10 bits per heavy atom. The number of para-hydroxylation sites is 1. The van der Waals surface area contributed by atoms with Crippen molar-refractivity contribution in [1.29, 1.82) is 0 Å². The summed E-state index contributed by atoms with van der Waals surface area (Å²) in [4.78, 5) is 25.1. The highest BCUT2D eigenvalue weighted by Crippen LogP contribution is 2.25. The topological polar surface area (TPSA) is 66.8 Å². The maximum atomic E-state index is 12.4. The molecule has 1 aromatic carbocycles. The molecule has 1 unspecified atom stereocenters. The highest BCUT2D eigenvalue weighted by molar-refractivity contribution is 6.32. The summed E-state index contributed by atoms with van der Waals surface area (Å²) < 4.78 is 5.57. The zero-order valence-electron chi connectivity index (χ0n) is 11.8. The average Bonchev–Trinajstić information content (AvgIpc) is 2.48. The van der Waals surface area contributed by atoms with Gasteiger partial charge in [-0.25, -0.2) is 4.79 Å². The van der Waals surface area contributed by atoms with E-state index in [9.17, 15) is 14.7 Å². The molecule has 0 aliphatic carbocycles. The third kappa shape index (κ3) is 3.67. The predicted molar refractivity (Wildman–Crippen MR) is 78.5 cm³/mol. The van der Waals surface area contributed by atoms with Gasteiger partial charge in [0.05, 0.1) is 5.02 Å². The van der Waals surface area contributed by atoms with Crippen molar-refractivity contribution in [3.05, 3.63) is 29.3 Å². The van der Waals surface area contributed by atoms with E-state index in [1.165, 1.54) is 4.90 Å². The molecule has 21 heavy (non-hydrogen) atoms. The first kappa shape index (κ1) is 15.6. The number of nitrogens with zero attached hydrogens (tertiary/aromatic N) is 1. The minimum Gasteiger partial charge on any atom is -0.480 e. The summed E-state index contributed by atoms with van der Waals surface area (Å²) >= 11 is 5.99. The third-order valence-electron chi connectivity index (χ3n) is 3.56. The van der Waals surface area contributed by atoms with Crippen LogP contribution in [0.2, 0.25) is 5.02 Å². The standard InChI is InChI=1S/C15H18ClNO4/c1-10(21-13-8-3-2-6-11(13)16)14(18)17-9-5-4-7-12(17)15(19)20/h2-3,6,8,10,12H,4-5,7,9H2,1H3,(H,19,20)/t10?,12-/m1/s1. The van der Waals surface area contributed by atoms with E-state index in [0.717, 1.165) is 12.8 Å². The summed E-state index contributed by atoms with van der Waals surface area (Å²) in [6, 6.07) is 6.13. The van der Waals surface area contributed by atoms with Crippen LogP contribution in [0.4, 0.5) is 0 Å². The number of carbonyl (C=O) groups excluding carboxylic acids is 1. The van der Waals surface area contributed by atoms with Gasteiger partial charge in [-0.2, -0.15) is 0 Å². The van der Waals surface area contributed by atoms with Gasteiger partial charge in [-0.05, 0) is 38.3 Å². The van der Waals surface area contributed by atoms with E-state index in [0.29, 0.717) is 23.7 Å². The summed E-state index contributed by atoms with van der Waals surface area (Å²) in [7, 11) is 0. The predicted octanol–water partition coefficient (Wildman–Crippen LogP) is 2.57. The van der Waals surface area contributed by atoms with Gasteiger partial charge in [0.2, 0.25) is 0 Å². The molecule has 1 fully saturated rings. The van der Waals surface area contributed by atoms with Gasteiger partial charge in [-0.1, -0.05) is 23.7 Å². The van der Waals surface area contributed by atoms with Crippen LogP contribution >= 0.6 is 11.6 Å². The Morgan fingerprint density at radius 3 is 2.76 bits per heavy atom. The van der Waals surface area contributed by atoms with Crippen molar-refractivity contribution in [3.8, 4) is 5.75 Å². The molecule has 0 aromatic heterocycles. The summed E-state index contributed by atoms with van der Waals surface area (Å²) in [6.45, 7) is 2.06. The molecule has 1 aliphatic heterocycles. The number of aliphatic carboxylic acids is 1. The lowest BCUT2D eigenvalue weighted by atomic mass is 10.0. The molecule has 114 valence electrons. The number of likely N-dealkylation sites (tertiary alicyclic amines) is 1. The van der Waals surface area contributed by atoms with Crippen LogP contribution in [0.15, 0.2) is 24.3 Å². The Balaban J connectivity index is 2.07. The van der Waals surface area contributed by atoms with E-state index >= 15 is 0 Å². The first-order valence-electron chi connectivity index (χ1n) is 6.95. The highest BCUT2D eigenvalue weighted by Gasteiger charge is 2.34. The molecule has 1 saturated heterocycles. The van der Waals surface area contributed by atoms with Crippen molar-refractivity contribution in [1.82, 2.24) is 4.90 Å². The number of rotatable bonds is 4. The van der Waals surface area contributed by atoms with Crippen molar-refractivity contribution >= 4 is 23.5 Å². The zero-order valence-corrected chi connectivity index (χ0v) is 12.5. The Labute approximate surface area is 128 Å². The summed E-state index contributed by atoms with van der Waals surface area (Å²) in [5.74, 6) is -0.862. The van der Waals surface area contributed by atoms with Gasteiger partial charge in [0.1, 0.15) is 11.8 Å². The van der Waals surface area contributed by atoms with Crippen molar-refractivity contribution in [3.63, 3.8) is 0 Å². The molecule has 2 rings (SSSR count). The van der Waals surface area contributed by atoms with Gasteiger partial charge in [-0.15, -0.1) is 0 Å². The highest BCUT2D eigenvalue weighted by atomic mass is 35.5. The second-order valence-electron chi connectivity index (χ2n) is 5.07. The maximum Gasteiger partial charge on any atom is 0.326 e. The molecule has 1 aliphatic rings. The van der Waals surface area contributed by atoms with E-state index in [1.807, 2.05) is 0 Å². The average molecular weight is 312 g/mol. The van der Waals surface area contributed by atoms with Crippen molar-refractivity contribution in [2.75, 3.05) is 6.54 Å². The number of hydrogen-bond acceptors (Lipinski definition) is 3. The minimum absolute atomic E-state index is 0.318. The molecule has 0 bridgehead atoms. The monoisotopic (exact) mass is 311 g/mol. The van der Waals surface area contributed by atoms with Crippen LogP contribution in [0, 0.1) is 0 Å². The summed E-state index contributed by atoms with van der Waals surface area (Å²) in [5.41, 5.74) is 0. The van der Waals surface area contributed by atoms with Crippen molar-refractivity contribution in [2.45, 2.75) is 38.3 Å². The van der Waals surface area contributed by atoms with Gasteiger partial charge in [0.25, 0.3) is 5.91 Å². The van der Waals surface area contributed by atoms with Crippen molar-refractivity contribution in [2.24, 2.45) is 0 Å². The quantitative estimate of drug-likeness (QED) is 0.928. The molecule has 1 N–H and O–H groups in total. The van der Waals surface area contributed by atoms with E-state index in [1.54, 1.807) is 31.2 Å². The lowest BCUT2D eigenvalue weighted by molar-refractivity contribution is -0.155. The molecular formula is C15H18ClNO4. The lowest BCUT2D eigenvalue weighted by Gasteiger charge is -2.34. The van der Waals surface area contributed by atoms with Gasteiger partial charge in [0, 0.05) is 6.54 Å². The summed E-state index contributed by atoms with van der Waals surface area (Å²) in [5, 5.41) is 9.64. The molecule has 0 saturated carbocycles. The van der Waals surface area contributed by atoms with Crippen LogP contribution in [0.5, 0.6) is 5.75 Å². The maximum absolute atomic E-state index is 12.4. The van der Waals surface area contributed by atoms with E-state index in [4.69, 9.17) is 16.3 Å². The molecule has 1 heterocycles. The van der Waals surface area contributed by atoms with Crippen LogP contribution in [-0.4, -0.2) is 40.6 Å². The van der Waals surface area contributed by atoms with Crippen LogP contribution in [-0.2, 0) is 9.59 Å². The number of carboxylic acids is 1.